The van der Waals surface area contributed by atoms with E-state index in [1.807, 2.05) is 11.0 Å². The summed E-state index contributed by atoms with van der Waals surface area (Å²) in [5, 5.41) is 0.406. The van der Waals surface area contributed by atoms with Crippen LogP contribution in [-0.2, 0) is 6.54 Å². The average molecular weight is 301 g/mol. The Labute approximate surface area is 129 Å². The van der Waals surface area contributed by atoms with Crippen molar-refractivity contribution in [1.82, 2.24) is 9.88 Å². The number of hydrogen-bond acceptors (Lipinski definition) is 2. The van der Waals surface area contributed by atoms with E-state index in [1.165, 1.54) is 5.56 Å². The maximum atomic E-state index is 12.7. The lowest BCUT2D eigenvalue weighted by molar-refractivity contribution is 0.0729. The molecule has 0 spiro atoms. The number of carbonyl (C=O) groups is 1. The van der Waals surface area contributed by atoms with Gasteiger partial charge in [0.1, 0.15) is 5.15 Å². The van der Waals surface area contributed by atoms with Gasteiger partial charge in [-0.25, -0.2) is 4.98 Å². The summed E-state index contributed by atoms with van der Waals surface area (Å²) in [6.07, 6.45) is 3.72. The molecule has 0 aliphatic heterocycles. The zero-order valence-electron chi connectivity index (χ0n) is 11.9. The molecule has 1 saturated carbocycles. The Bertz CT molecular complexity index is 650. The van der Waals surface area contributed by atoms with Gasteiger partial charge < -0.3 is 4.90 Å². The van der Waals surface area contributed by atoms with Gasteiger partial charge in [-0.05, 0) is 37.5 Å². The largest absolute Gasteiger partial charge is 0.331 e. The molecule has 3 nitrogen and oxygen atoms in total. The van der Waals surface area contributed by atoms with Gasteiger partial charge in [0.05, 0.1) is 5.56 Å². The number of amides is 1. The molecule has 0 unspecified atom stereocenters. The second kappa shape index (κ2) is 5.86. The minimum Gasteiger partial charge on any atom is -0.331 e. The molecule has 1 fully saturated rings. The van der Waals surface area contributed by atoms with Gasteiger partial charge in [0, 0.05) is 18.8 Å². The molecule has 0 atom stereocenters. The highest BCUT2D eigenvalue weighted by molar-refractivity contribution is 6.29. The molecular weight excluding hydrogens is 284 g/mol. The number of nitrogens with zero attached hydrogens (tertiary/aromatic N) is 2. The van der Waals surface area contributed by atoms with E-state index in [-0.39, 0.29) is 5.91 Å². The smallest absolute Gasteiger partial charge is 0.255 e. The van der Waals surface area contributed by atoms with Crippen LogP contribution in [0.1, 0.15) is 34.3 Å². The number of aryl methyl sites for hydroxylation is 1. The molecule has 1 aromatic carbocycles. The summed E-state index contributed by atoms with van der Waals surface area (Å²) >= 11 is 5.78. The molecule has 0 radical (unpaired) electrons. The standard InChI is InChI=1S/C17H17ClN2O/c1-12-3-2-4-13(9-12)11-20(15-6-7-15)17(21)14-5-8-16(18)19-10-14/h2-5,8-10,15H,6-7,11H2,1H3. The third-order valence-electron chi connectivity index (χ3n) is 3.66. The lowest BCUT2D eigenvalue weighted by Gasteiger charge is -2.22. The first-order chi connectivity index (χ1) is 10.1. The van der Waals surface area contributed by atoms with Gasteiger partial charge in [-0.2, -0.15) is 0 Å². The van der Waals surface area contributed by atoms with Gasteiger partial charge in [0.2, 0.25) is 0 Å². The van der Waals surface area contributed by atoms with E-state index in [1.54, 1.807) is 18.3 Å². The summed E-state index contributed by atoms with van der Waals surface area (Å²) in [7, 11) is 0. The van der Waals surface area contributed by atoms with Crippen molar-refractivity contribution in [3.05, 3.63) is 64.4 Å². The van der Waals surface area contributed by atoms with Crippen molar-refractivity contribution in [3.63, 3.8) is 0 Å². The summed E-state index contributed by atoms with van der Waals surface area (Å²) < 4.78 is 0. The monoisotopic (exact) mass is 300 g/mol. The Kier molecular flexibility index (Phi) is 3.93. The van der Waals surface area contributed by atoms with Crippen LogP contribution in [0, 0.1) is 6.92 Å². The van der Waals surface area contributed by atoms with Crippen molar-refractivity contribution < 1.29 is 4.79 Å². The Morgan fingerprint density at radius 1 is 1.33 bits per heavy atom. The quantitative estimate of drug-likeness (QED) is 0.804. The summed E-state index contributed by atoms with van der Waals surface area (Å²) in [5.41, 5.74) is 2.97. The van der Waals surface area contributed by atoms with Crippen molar-refractivity contribution in [2.24, 2.45) is 0 Å². The van der Waals surface area contributed by atoms with Crippen molar-refractivity contribution in [2.45, 2.75) is 32.4 Å². The normalized spacial score (nSPS) is 14.0. The number of benzene rings is 1. The van der Waals surface area contributed by atoms with Crippen LogP contribution in [0.25, 0.3) is 0 Å². The van der Waals surface area contributed by atoms with Crippen LogP contribution in [0.3, 0.4) is 0 Å². The number of rotatable bonds is 4. The predicted molar refractivity (Wildman–Crippen MR) is 83.3 cm³/mol. The van der Waals surface area contributed by atoms with Crippen molar-refractivity contribution >= 4 is 17.5 Å². The third-order valence-corrected chi connectivity index (χ3v) is 3.88. The van der Waals surface area contributed by atoms with Crippen LogP contribution in [0.2, 0.25) is 5.15 Å². The first-order valence-electron chi connectivity index (χ1n) is 7.11. The van der Waals surface area contributed by atoms with E-state index in [0.29, 0.717) is 23.3 Å². The lowest BCUT2D eigenvalue weighted by Crippen LogP contribution is -2.32. The fourth-order valence-corrected chi connectivity index (χ4v) is 2.54. The molecule has 108 valence electrons. The molecule has 1 aromatic heterocycles. The number of pyridine rings is 1. The van der Waals surface area contributed by atoms with Crippen LogP contribution in [-0.4, -0.2) is 21.8 Å². The number of hydrogen-bond donors (Lipinski definition) is 0. The summed E-state index contributed by atoms with van der Waals surface area (Å²) in [6, 6.07) is 12.0. The Balaban J connectivity index is 1.81. The van der Waals surface area contributed by atoms with Crippen LogP contribution in [0.5, 0.6) is 0 Å². The predicted octanol–water partition coefficient (Wildman–Crippen LogP) is 3.85. The van der Waals surface area contributed by atoms with Crippen LogP contribution < -0.4 is 0 Å². The van der Waals surface area contributed by atoms with Crippen molar-refractivity contribution in [3.8, 4) is 0 Å². The molecule has 2 aromatic rings. The highest BCUT2D eigenvalue weighted by Gasteiger charge is 2.33. The summed E-state index contributed by atoms with van der Waals surface area (Å²) in [5.74, 6) is 0.0307. The molecule has 1 heterocycles. The Hall–Kier alpha value is -1.87. The minimum atomic E-state index is 0.0307. The van der Waals surface area contributed by atoms with E-state index < -0.39 is 0 Å². The maximum Gasteiger partial charge on any atom is 0.255 e. The van der Waals surface area contributed by atoms with E-state index >= 15 is 0 Å². The topological polar surface area (TPSA) is 33.2 Å². The van der Waals surface area contributed by atoms with E-state index in [0.717, 1.165) is 18.4 Å². The van der Waals surface area contributed by atoms with Gasteiger partial charge in [0.15, 0.2) is 0 Å². The van der Waals surface area contributed by atoms with Gasteiger partial charge in [0.25, 0.3) is 5.91 Å². The lowest BCUT2D eigenvalue weighted by atomic mass is 10.1. The van der Waals surface area contributed by atoms with Crippen molar-refractivity contribution in [1.29, 1.82) is 0 Å². The zero-order chi connectivity index (χ0) is 14.8. The molecule has 3 rings (SSSR count). The number of carbonyl (C=O) groups excluding carboxylic acids is 1. The summed E-state index contributed by atoms with van der Waals surface area (Å²) in [6.45, 7) is 2.71. The molecule has 1 aliphatic carbocycles. The maximum absolute atomic E-state index is 12.7. The fourth-order valence-electron chi connectivity index (χ4n) is 2.43. The van der Waals surface area contributed by atoms with Crippen LogP contribution >= 0.6 is 11.6 Å². The van der Waals surface area contributed by atoms with Gasteiger partial charge in [-0.3, -0.25) is 4.79 Å². The third kappa shape index (κ3) is 3.42. The molecule has 0 N–H and O–H groups in total. The SMILES string of the molecule is Cc1cccc(CN(C(=O)c2ccc(Cl)nc2)C2CC2)c1. The molecule has 0 saturated heterocycles. The summed E-state index contributed by atoms with van der Waals surface area (Å²) in [4.78, 5) is 18.6. The molecule has 4 heteroatoms. The Morgan fingerprint density at radius 3 is 2.76 bits per heavy atom. The van der Waals surface area contributed by atoms with E-state index in [2.05, 4.69) is 30.1 Å². The van der Waals surface area contributed by atoms with E-state index in [4.69, 9.17) is 11.6 Å². The number of aromatic nitrogens is 1. The molecule has 21 heavy (non-hydrogen) atoms. The van der Waals surface area contributed by atoms with E-state index in [9.17, 15) is 4.79 Å². The van der Waals surface area contributed by atoms with Crippen molar-refractivity contribution in [2.75, 3.05) is 0 Å². The first kappa shape index (κ1) is 14.1. The highest BCUT2D eigenvalue weighted by Crippen LogP contribution is 2.30. The van der Waals surface area contributed by atoms with Gasteiger partial charge in [-0.1, -0.05) is 41.4 Å². The highest BCUT2D eigenvalue weighted by atomic mass is 35.5. The molecular formula is C17H17ClN2O. The molecule has 0 bridgehead atoms. The zero-order valence-corrected chi connectivity index (χ0v) is 12.7. The van der Waals surface area contributed by atoms with Crippen LogP contribution in [0.15, 0.2) is 42.6 Å². The fraction of sp³-hybridized carbons (Fsp3) is 0.294. The van der Waals surface area contributed by atoms with Crippen LogP contribution in [0.4, 0.5) is 0 Å². The second-order valence-electron chi connectivity index (χ2n) is 5.52. The number of halogens is 1. The molecule has 1 amide bonds. The Morgan fingerprint density at radius 2 is 2.14 bits per heavy atom. The van der Waals surface area contributed by atoms with Gasteiger partial charge >= 0.3 is 0 Å². The second-order valence-corrected chi connectivity index (χ2v) is 5.91. The minimum absolute atomic E-state index is 0.0307. The van der Waals surface area contributed by atoms with Gasteiger partial charge in [-0.15, -0.1) is 0 Å². The first-order valence-corrected chi connectivity index (χ1v) is 7.49. The molecule has 1 aliphatic rings. The average Bonchev–Trinajstić information content (AvgIpc) is 3.29.